The molecule has 31 heavy (non-hydrogen) atoms. The van der Waals surface area contributed by atoms with Crippen molar-refractivity contribution in [2.45, 2.75) is 38.9 Å². The number of likely N-dealkylation sites (tertiary alicyclic amines) is 1. The zero-order valence-electron chi connectivity index (χ0n) is 18.3. The molecule has 1 fully saturated rings. The molecule has 0 spiro atoms. The van der Waals surface area contributed by atoms with E-state index in [-0.39, 0.29) is 0 Å². The van der Waals surface area contributed by atoms with Crippen molar-refractivity contribution >= 4 is 17.3 Å². The highest BCUT2D eigenvalue weighted by Crippen LogP contribution is 2.27. The number of piperidine rings is 1. The van der Waals surface area contributed by atoms with Crippen LogP contribution in [0, 0.1) is 6.92 Å². The lowest BCUT2D eigenvalue weighted by atomic mass is 10.0. The van der Waals surface area contributed by atoms with Gasteiger partial charge in [-0.3, -0.25) is 9.89 Å². The van der Waals surface area contributed by atoms with Crippen LogP contribution in [0.3, 0.4) is 0 Å². The summed E-state index contributed by atoms with van der Waals surface area (Å²) < 4.78 is 0. The van der Waals surface area contributed by atoms with Gasteiger partial charge in [0.2, 0.25) is 0 Å². The van der Waals surface area contributed by atoms with Gasteiger partial charge in [0.05, 0.1) is 12.2 Å². The molecule has 0 radical (unpaired) electrons. The minimum absolute atomic E-state index is 0.459. The third-order valence-corrected chi connectivity index (χ3v) is 6.94. The van der Waals surface area contributed by atoms with Crippen LogP contribution in [0.25, 0.3) is 10.6 Å². The molecular weight excluding hydrogens is 402 g/mol. The van der Waals surface area contributed by atoms with Crippen molar-refractivity contribution in [3.63, 3.8) is 0 Å². The number of aryl methyl sites for hydroxylation is 1. The van der Waals surface area contributed by atoms with E-state index in [1.807, 2.05) is 13.1 Å². The Labute approximate surface area is 189 Å². The number of nitrogens with zero attached hydrogens (tertiary/aromatic N) is 3. The lowest BCUT2D eigenvalue weighted by Gasteiger charge is -2.33. The van der Waals surface area contributed by atoms with Gasteiger partial charge >= 0.3 is 0 Å². The van der Waals surface area contributed by atoms with Crippen molar-refractivity contribution in [2.24, 2.45) is 4.99 Å². The maximum absolute atomic E-state index is 4.76. The van der Waals surface area contributed by atoms with E-state index in [0.717, 1.165) is 55.7 Å². The highest BCUT2D eigenvalue weighted by atomic mass is 32.1. The topological polar surface area (TPSA) is 52.6 Å². The molecule has 0 unspecified atom stereocenters. The Balaban J connectivity index is 1.26. The highest BCUT2D eigenvalue weighted by molar-refractivity contribution is 7.15. The normalized spacial score (nSPS) is 15.7. The number of hydrogen-bond acceptors (Lipinski definition) is 4. The molecule has 1 aromatic heterocycles. The average Bonchev–Trinajstić information content (AvgIpc) is 3.19. The van der Waals surface area contributed by atoms with Gasteiger partial charge in [-0.1, -0.05) is 60.7 Å². The number of nitrogens with one attached hydrogen (secondary N) is 2. The molecule has 4 rings (SSSR count). The monoisotopic (exact) mass is 433 g/mol. The van der Waals surface area contributed by atoms with E-state index in [9.17, 15) is 0 Å². The number of thiazole rings is 1. The lowest BCUT2D eigenvalue weighted by molar-refractivity contribution is 0.198. The first-order valence-corrected chi connectivity index (χ1v) is 11.8. The summed E-state index contributed by atoms with van der Waals surface area (Å²) >= 11 is 1.75. The molecule has 5 nitrogen and oxygen atoms in total. The first-order chi connectivity index (χ1) is 15.2. The standard InChI is InChI=1S/C25H31N5S/c1-19-23(31-24(28-19)21-11-7-4-8-12-21)17-27-25(26-2)29-22-13-15-30(16-14-22)18-20-9-5-3-6-10-20/h3-12,22H,13-18H2,1-2H3,(H2,26,27,29). The molecule has 0 atom stereocenters. The van der Waals surface area contributed by atoms with Crippen molar-refractivity contribution in [3.05, 3.63) is 76.8 Å². The van der Waals surface area contributed by atoms with E-state index < -0.39 is 0 Å². The predicted molar refractivity (Wildman–Crippen MR) is 130 cm³/mol. The predicted octanol–water partition coefficient (Wildman–Crippen LogP) is 4.45. The molecule has 0 bridgehead atoms. The van der Waals surface area contributed by atoms with Gasteiger partial charge in [0.1, 0.15) is 5.01 Å². The summed E-state index contributed by atoms with van der Waals surface area (Å²) in [6.07, 6.45) is 2.26. The van der Waals surface area contributed by atoms with Crippen LogP contribution in [0.15, 0.2) is 65.7 Å². The second-order valence-corrected chi connectivity index (χ2v) is 9.08. The zero-order chi connectivity index (χ0) is 21.5. The number of guanidine groups is 1. The van der Waals surface area contributed by atoms with Gasteiger partial charge in [-0.2, -0.15) is 0 Å². The van der Waals surface area contributed by atoms with Crippen molar-refractivity contribution in [1.82, 2.24) is 20.5 Å². The van der Waals surface area contributed by atoms with Crippen LogP contribution in [-0.2, 0) is 13.1 Å². The number of aromatic nitrogens is 1. The van der Waals surface area contributed by atoms with Gasteiger partial charge < -0.3 is 10.6 Å². The van der Waals surface area contributed by atoms with Crippen LogP contribution in [0.4, 0.5) is 0 Å². The molecule has 2 heterocycles. The van der Waals surface area contributed by atoms with Gasteiger partial charge in [-0.15, -0.1) is 11.3 Å². The molecule has 1 aliphatic heterocycles. The maximum atomic E-state index is 4.76. The van der Waals surface area contributed by atoms with Gasteiger partial charge in [0.25, 0.3) is 0 Å². The summed E-state index contributed by atoms with van der Waals surface area (Å²) in [6.45, 7) is 6.08. The fourth-order valence-corrected chi connectivity index (χ4v) is 4.93. The molecule has 0 amide bonds. The Morgan fingerprint density at radius 1 is 1.06 bits per heavy atom. The molecule has 1 saturated heterocycles. The number of rotatable bonds is 6. The third-order valence-electron chi connectivity index (χ3n) is 5.73. The fourth-order valence-electron chi connectivity index (χ4n) is 3.93. The van der Waals surface area contributed by atoms with E-state index in [2.05, 4.69) is 82.0 Å². The Bertz CT molecular complexity index is 976. The highest BCUT2D eigenvalue weighted by Gasteiger charge is 2.20. The number of aliphatic imine (C=N–C) groups is 1. The molecule has 2 aromatic carbocycles. The third kappa shape index (κ3) is 5.93. The summed E-state index contributed by atoms with van der Waals surface area (Å²) in [5, 5.41) is 8.17. The minimum Gasteiger partial charge on any atom is -0.354 e. The molecule has 6 heteroatoms. The second kappa shape index (κ2) is 10.6. The van der Waals surface area contributed by atoms with Gasteiger partial charge in [0.15, 0.2) is 5.96 Å². The summed E-state index contributed by atoms with van der Waals surface area (Å²) in [4.78, 5) is 13.0. The summed E-state index contributed by atoms with van der Waals surface area (Å²) in [5.41, 5.74) is 3.65. The minimum atomic E-state index is 0.459. The Morgan fingerprint density at radius 2 is 1.74 bits per heavy atom. The van der Waals surface area contributed by atoms with Crippen LogP contribution in [0.1, 0.15) is 29.0 Å². The molecule has 2 N–H and O–H groups in total. The Hall–Kier alpha value is -2.70. The quantitative estimate of drug-likeness (QED) is 0.446. The number of hydrogen-bond donors (Lipinski definition) is 2. The van der Waals surface area contributed by atoms with E-state index in [0.29, 0.717) is 6.04 Å². The zero-order valence-corrected chi connectivity index (χ0v) is 19.2. The SMILES string of the molecule is CN=C(NCc1sc(-c2ccccc2)nc1C)NC1CCN(Cc2ccccc2)CC1. The van der Waals surface area contributed by atoms with Crippen LogP contribution in [-0.4, -0.2) is 42.0 Å². The van der Waals surface area contributed by atoms with E-state index in [1.165, 1.54) is 16.0 Å². The average molecular weight is 434 g/mol. The fraction of sp³-hybridized carbons (Fsp3) is 0.360. The van der Waals surface area contributed by atoms with Crippen LogP contribution in [0.2, 0.25) is 0 Å². The first-order valence-electron chi connectivity index (χ1n) is 11.0. The van der Waals surface area contributed by atoms with Crippen LogP contribution < -0.4 is 10.6 Å². The summed E-state index contributed by atoms with van der Waals surface area (Å²) in [6, 6.07) is 21.6. The lowest BCUT2D eigenvalue weighted by Crippen LogP contribution is -2.48. The molecular formula is C25H31N5S. The van der Waals surface area contributed by atoms with E-state index in [1.54, 1.807) is 11.3 Å². The van der Waals surface area contributed by atoms with Crippen LogP contribution in [0.5, 0.6) is 0 Å². The van der Waals surface area contributed by atoms with E-state index in [4.69, 9.17) is 4.98 Å². The molecule has 162 valence electrons. The maximum Gasteiger partial charge on any atom is 0.191 e. The van der Waals surface area contributed by atoms with Crippen molar-refractivity contribution < 1.29 is 0 Å². The smallest absolute Gasteiger partial charge is 0.191 e. The molecule has 0 aliphatic carbocycles. The van der Waals surface area contributed by atoms with E-state index >= 15 is 0 Å². The molecule has 0 saturated carbocycles. The van der Waals surface area contributed by atoms with Crippen molar-refractivity contribution in [3.8, 4) is 10.6 Å². The summed E-state index contributed by atoms with van der Waals surface area (Å²) in [5.74, 6) is 0.871. The Kier molecular flexibility index (Phi) is 7.33. The largest absolute Gasteiger partial charge is 0.354 e. The Morgan fingerprint density at radius 3 is 2.42 bits per heavy atom. The van der Waals surface area contributed by atoms with Gasteiger partial charge in [-0.25, -0.2) is 4.98 Å². The van der Waals surface area contributed by atoms with Crippen LogP contribution >= 0.6 is 11.3 Å². The molecule has 1 aliphatic rings. The van der Waals surface area contributed by atoms with Gasteiger partial charge in [0, 0.05) is 43.2 Å². The van der Waals surface area contributed by atoms with Crippen molar-refractivity contribution in [2.75, 3.05) is 20.1 Å². The van der Waals surface area contributed by atoms with Gasteiger partial charge in [-0.05, 0) is 25.3 Å². The second-order valence-electron chi connectivity index (χ2n) is 8.00. The first kappa shape index (κ1) is 21.5. The van der Waals surface area contributed by atoms with Crippen molar-refractivity contribution in [1.29, 1.82) is 0 Å². The molecule has 3 aromatic rings. The summed E-state index contributed by atoms with van der Waals surface area (Å²) in [7, 11) is 1.84. The number of benzene rings is 2.